The Labute approximate surface area is 171 Å². The van der Waals surface area contributed by atoms with Crippen LogP contribution in [0, 0.1) is 0 Å². The number of furan rings is 1. The van der Waals surface area contributed by atoms with Gasteiger partial charge in [-0.3, -0.25) is 9.59 Å². The van der Waals surface area contributed by atoms with Gasteiger partial charge in [0.05, 0.1) is 24.8 Å². The predicted octanol–water partition coefficient (Wildman–Crippen LogP) is 4.92. The van der Waals surface area contributed by atoms with E-state index in [0.29, 0.717) is 22.1 Å². The van der Waals surface area contributed by atoms with Crippen molar-refractivity contribution in [1.29, 1.82) is 0 Å². The standard InChI is InChI=1S/C20H17ClN2O4S/c1-26-18-11-14(6-9-16(18)23-20(25)17-3-2-10-27-17)22-19(24)12-28-15-7-4-13(21)5-8-15/h2-11H,12H2,1H3,(H,22,24)(H,23,25). The van der Waals surface area contributed by atoms with Crippen molar-refractivity contribution in [2.45, 2.75) is 4.90 Å². The number of benzene rings is 2. The van der Waals surface area contributed by atoms with Crippen LogP contribution in [0.3, 0.4) is 0 Å². The number of anilines is 2. The molecule has 0 bridgehead atoms. The normalized spacial score (nSPS) is 10.4. The number of carbonyl (C=O) groups excluding carboxylic acids is 2. The van der Waals surface area contributed by atoms with E-state index in [9.17, 15) is 9.59 Å². The molecule has 0 radical (unpaired) electrons. The van der Waals surface area contributed by atoms with E-state index >= 15 is 0 Å². The average Bonchev–Trinajstić information content (AvgIpc) is 3.23. The second kappa shape index (κ2) is 9.34. The fraction of sp³-hybridized carbons (Fsp3) is 0.100. The maximum Gasteiger partial charge on any atom is 0.291 e. The maximum absolute atomic E-state index is 12.2. The van der Waals surface area contributed by atoms with Gasteiger partial charge in [0.15, 0.2) is 5.76 Å². The molecule has 3 rings (SSSR count). The Morgan fingerprint density at radius 2 is 1.89 bits per heavy atom. The average molecular weight is 417 g/mol. The number of rotatable bonds is 7. The Morgan fingerprint density at radius 1 is 1.11 bits per heavy atom. The molecule has 0 atom stereocenters. The molecule has 0 aliphatic heterocycles. The van der Waals surface area contributed by atoms with Gasteiger partial charge in [-0.05, 0) is 48.5 Å². The van der Waals surface area contributed by atoms with Gasteiger partial charge in [0.2, 0.25) is 5.91 Å². The molecule has 0 aliphatic rings. The van der Waals surface area contributed by atoms with Crippen LogP contribution in [0.15, 0.2) is 70.2 Å². The molecule has 6 nitrogen and oxygen atoms in total. The molecule has 144 valence electrons. The van der Waals surface area contributed by atoms with Crippen LogP contribution >= 0.6 is 23.4 Å². The minimum Gasteiger partial charge on any atom is -0.494 e. The molecule has 0 spiro atoms. The van der Waals surface area contributed by atoms with Crippen LogP contribution < -0.4 is 15.4 Å². The van der Waals surface area contributed by atoms with E-state index in [-0.39, 0.29) is 23.3 Å². The minimum absolute atomic E-state index is 0.158. The van der Waals surface area contributed by atoms with Crippen molar-refractivity contribution >= 4 is 46.6 Å². The first-order valence-electron chi connectivity index (χ1n) is 8.26. The minimum atomic E-state index is -0.389. The van der Waals surface area contributed by atoms with Crippen LogP contribution in [-0.2, 0) is 4.79 Å². The topological polar surface area (TPSA) is 80.6 Å². The molecule has 0 unspecified atom stereocenters. The highest BCUT2D eigenvalue weighted by Crippen LogP contribution is 2.29. The van der Waals surface area contributed by atoms with Crippen LogP contribution in [0.4, 0.5) is 11.4 Å². The maximum atomic E-state index is 12.2. The summed E-state index contributed by atoms with van der Waals surface area (Å²) in [5.41, 5.74) is 1.03. The van der Waals surface area contributed by atoms with Gasteiger partial charge >= 0.3 is 0 Å². The summed E-state index contributed by atoms with van der Waals surface area (Å²) in [6.07, 6.45) is 1.42. The Hall–Kier alpha value is -2.90. The zero-order chi connectivity index (χ0) is 19.9. The third-order valence-corrected chi connectivity index (χ3v) is 4.93. The molecule has 1 aromatic heterocycles. The van der Waals surface area contributed by atoms with Crippen LogP contribution in [0.2, 0.25) is 5.02 Å². The Bertz CT molecular complexity index is 959. The van der Waals surface area contributed by atoms with Crippen molar-refractivity contribution in [3.63, 3.8) is 0 Å². The number of hydrogen-bond donors (Lipinski definition) is 2. The van der Waals surface area contributed by atoms with Crippen LogP contribution in [0.5, 0.6) is 5.75 Å². The van der Waals surface area contributed by atoms with Crippen molar-refractivity contribution in [3.05, 3.63) is 71.6 Å². The molecule has 8 heteroatoms. The van der Waals surface area contributed by atoms with E-state index < -0.39 is 0 Å². The molecule has 28 heavy (non-hydrogen) atoms. The third kappa shape index (κ3) is 5.31. The molecular formula is C20H17ClN2O4S. The molecule has 2 amide bonds. The molecule has 2 aromatic carbocycles. The van der Waals surface area contributed by atoms with Crippen LogP contribution in [0.1, 0.15) is 10.6 Å². The summed E-state index contributed by atoms with van der Waals surface area (Å²) in [4.78, 5) is 25.2. The number of amides is 2. The fourth-order valence-corrected chi connectivity index (χ4v) is 3.17. The first-order valence-corrected chi connectivity index (χ1v) is 9.62. The molecule has 2 N–H and O–H groups in total. The monoisotopic (exact) mass is 416 g/mol. The summed E-state index contributed by atoms with van der Waals surface area (Å²) < 4.78 is 10.4. The summed E-state index contributed by atoms with van der Waals surface area (Å²) in [5.74, 6) is 0.316. The third-order valence-electron chi connectivity index (χ3n) is 3.66. The zero-order valence-corrected chi connectivity index (χ0v) is 16.5. The SMILES string of the molecule is COc1cc(NC(=O)CSc2ccc(Cl)cc2)ccc1NC(=O)c1ccco1. The summed E-state index contributed by atoms with van der Waals surface area (Å²) in [6.45, 7) is 0. The number of nitrogens with one attached hydrogen (secondary N) is 2. The summed E-state index contributed by atoms with van der Waals surface area (Å²) in [6, 6.07) is 15.5. The Morgan fingerprint density at radius 3 is 2.57 bits per heavy atom. The highest BCUT2D eigenvalue weighted by Gasteiger charge is 2.13. The number of carbonyl (C=O) groups is 2. The molecule has 0 saturated heterocycles. The number of methoxy groups -OCH3 is 1. The van der Waals surface area contributed by atoms with Crippen molar-refractivity contribution in [2.75, 3.05) is 23.5 Å². The van der Waals surface area contributed by atoms with E-state index in [4.69, 9.17) is 20.8 Å². The summed E-state index contributed by atoms with van der Waals surface area (Å²) >= 11 is 7.26. The molecule has 0 aliphatic carbocycles. The zero-order valence-electron chi connectivity index (χ0n) is 14.9. The lowest BCUT2D eigenvalue weighted by molar-refractivity contribution is -0.113. The van der Waals surface area contributed by atoms with Gasteiger partial charge in [-0.1, -0.05) is 11.6 Å². The first-order chi connectivity index (χ1) is 13.5. The second-order valence-electron chi connectivity index (χ2n) is 5.64. The first kappa shape index (κ1) is 19.9. The molecule has 1 heterocycles. The van der Waals surface area contributed by atoms with Gasteiger partial charge in [-0.25, -0.2) is 0 Å². The lowest BCUT2D eigenvalue weighted by Crippen LogP contribution is -2.15. The van der Waals surface area contributed by atoms with E-state index in [0.717, 1.165) is 4.90 Å². The van der Waals surface area contributed by atoms with Gasteiger partial charge < -0.3 is 19.8 Å². The molecule has 3 aromatic rings. The molecular weight excluding hydrogens is 400 g/mol. The number of hydrogen-bond acceptors (Lipinski definition) is 5. The lowest BCUT2D eigenvalue weighted by Gasteiger charge is -2.12. The van der Waals surface area contributed by atoms with Gasteiger partial charge in [0, 0.05) is 21.7 Å². The van der Waals surface area contributed by atoms with E-state index in [1.165, 1.54) is 25.1 Å². The summed E-state index contributed by atoms with van der Waals surface area (Å²) in [5, 5.41) is 6.17. The molecule has 0 fully saturated rings. The highest BCUT2D eigenvalue weighted by atomic mass is 35.5. The summed E-state index contributed by atoms with van der Waals surface area (Å²) in [7, 11) is 1.49. The Balaban J connectivity index is 1.60. The lowest BCUT2D eigenvalue weighted by atomic mass is 10.2. The predicted molar refractivity (Wildman–Crippen MR) is 110 cm³/mol. The fourth-order valence-electron chi connectivity index (χ4n) is 2.34. The van der Waals surface area contributed by atoms with Crippen molar-refractivity contribution < 1.29 is 18.7 Å². The quantitative estimate of drug-likeness (QED) is 0.534. The van der Waals surface area contributed by atoms with Gasteiger partial charge in [-0.15, -0.1) is 11.8 Å². The van der Waals surface area contributed by atoms with Gasteiger partial charge in [0.25, 0.3) is 5.91 Å². The number of ether oxygens (including phenoxy) is 1. The van der Waals surface area contributed by atoms with Crippen molar-refractivity contribution in [1.82, 2.24) is 0 Å². The van der Waals surface area contributed by atoms with Crippen LogP contribution in [-0.4, -0.2) is 24.7 Å². The van der Waals surface area contributed by atoms with Crippen molar-refractivity contribution in [2.24, 2.45) is 0 Å². The van der Waals surface area contributed by atoms with Crippen molar-refractivity contribution in [3.8, 4) is 5.75 Å². The molecule has 0 saturated carbocycles. The van der Waals surface area contributed by atoms with E-state index in [1.54, 1.807) is 42.5 Å². The Kier molecular flexibility index (Phi) is 6.62. The smallest absolute Gasteiger partial charge is 0.291 e. The van der Waals surface area contributed by atoms with Gasteiger partial charge in [0.1, 0.15) is 5.75 Å². The largest absolute Gasteiger partial charge is 0.494 e. The number of halogens is 1. The second-order valence-corrected chi connectivity index (χ2v) is 7.12. The number of thioether (sulfide) groups is 1. The van der Waals surface area contributed by atoms with E-state index in [1.807, 2.05) is 12.1 Å². The highest BCUT2D eigenvalue weighted by molar-refractivity contribution is 8.00. The van der Waals surface area contributed by atoms with Crippen LogP contribution in [0.25, 0.3) is 0 Å². The van der Waals surface area contributed by atoms with E-state index in [2.05, 4.69) is 10.6 Å². The van der Waals surface area contributed by atoms with Gasteiger partial charge in [-0.2, -0.15) is 0 Å².